The van der Waals surface area contributed by atoms with Crippen LogP contribution in [0.25, 0.3) is 0 Å². The Hall–Kier alpha value is -0.420. The molecule has 0 N–H and O–H groups in total. The van der Waals surface area contributed by atoms with Gasteiger partial charge in [-0.15, -0.1) is 12.9 Å². The van der Waals surface area contributed by atoms with Gasteiger partial charge in [0.05, 0.1) is 0 Å². The molecule has 1 rings (SSSR count). The quantitative estimate of drug-likeness (QED) is 0.671. The van der Waals surface area contributed by atoms with E-state index in [2.05, 4.69) is 4.51 Å². The van der Waals surface area contributed by atoms with Crippen LogP contribution in [0.5, 0.6) is 0 Å². The molecule has 0 bridgehead atoms. The van der Waals surface area contributed by atoms with Crippen LogP contribution in [0.3, 0.4) is 0 Å². The van der Waals surface area contributed by atoms with Crippen LogP contribution in [0.2, 0.25) is 0 Å². The minimum Gasteiger partial charge on any atom is -0.171 e. The molecule has 0 saturated heterocycles. The lowest BCUT2D eigenvalue weighted by atomic mass is 11.5. The van der Waals surface area contributed by atoms with Crippen molar-refractivity contribution < 1.29 is 12.9 Å². The lowest BCUT2D eigenvalue weighted by Gasteiger charge is -1.98. The number of nitriles is 1. The highest BCUT2D eigenvalue weighted by molar-refractivity contribution is 7.55. The molecule has 0 aliphatic carbocycles. The van der Waals surface area contributed by atoms with Gasteiger partial charge in [-0.05, 0) is 0 Å². The average Bonchev–Trinajstić information content (AvgIpc) is 2.01. The normalized spacial score (nSPS) is 13.3. The van der Waals surface area contributed by atoms with Crippen LogP contribution in [-0.4, -0.2) is 12.9 Å². The predicted molar refractivity (Wildman–Crippen MR) is 36.3 cm³/mol. The van der Waals surface area contributed by atoms with Crippen molar-refractivity contribution in [3.8, 4) is 6.19 Å². The van der Waals surface area contributed by atoms with E-state index in [-0.39, 0.29) is 8.51 Å². The molecule has 0 aliphatic heterocycles. The highest BCUT2D eigenvalue weighted by Crippen LogP contribution is 2.40. The molecule has 0 aliphatic rings. The predicted octanol–water partition coefficient (Wildman–Crippen LogP) is 2.89. The van der Waals surface area contributed by atoms with Crippen molar-refractivity contribution in [2.45, 2.75) is 0 Å². The molecule has 0 radical (unpaired) electrons. The summed E-state index contributed by atoms with van der Waals surface area (Å²) in [5.41, 5.74) is 0. The van der Waals surface area contributed by atoms with Gasteiger partial charge in [0.15, 0.2) is 14.7 Å². The van der Waals surface area contributed by atoms with Gasteiger partial charge < -0.3 is 0 Å². The van der Waals surface area contributed by atoms with Crippen molar-refractivity contribution in [3.05, 3.63) is 0 Å². The Bertz CT molecular complexity index is 334. The topological polar surface area (TPSA) is 46.5 Å². The number of halogens is 3. The second kappa shape index (κ2) is 3.32. The lowest BCUT2D eigenvalue weighted by molar-refractivity contribution is 0.431. The molecule has 2 unspecified atom stereocenters. The maximum atomic E-state index is 12.5. The smallest absolute Gasteiger partial charge is 0.171 e. The van der Waals surface area contributed by atoms with E-state index in [1.807, 2.05) is 0 Å². The van der Waals surface area contributed by atoms with E-state index in [0.717, 1.165) is 0 Å². The Labute approximate surface area is 63.0 Å². The van der Waals surface area contributed by atoms with E-state index in [0.29, 0.717) is 4.09 Å². The molecular weight excluding hydrogens is 218 g/mol. The largest absolute Gasteiger partial charge is 0.283 e. The molecule has 1 heterocycles. The van der Waals surface area contributed by atoms with Gasteiger partial charge in [-0.25, -0.2) is 0 Å². The van der Waals surface area contributed by atoms with Crippen LogP contribution in [0.15, 0.2) is 0 Å². The zero-order valence-corrected chi connectivity index (χ0v) is 7.45. The molecule has 10 heteroatoms. The maximum Gasteiger partial charge on any atom is 0.283 e. The summed E-state index contributed by atoms with van der Waals surface area (Å²) < 4.78 is 39.8. The zero-order chi connectivity index (χ0) is 8.43. The van der Waals surface area contributed by atoms with Crippen molar-refractivity contribution in [1.29, 1.82) is 5.26 Å². The number of nitrogens with zero attached hydrogens (tertiary/aromatic N) is 4. The third-order valence-corrected chi connectivity index (χ3v) is 4.40. The van der Waals surface area contributed by atoms with Crippen molar-refractivity contribution in [1.82, 2.24) is 12.9 Å². The SMILES string of the molecule is N#Cn1pnp(F)n(F)p1F. The molecule has 0 aromatic carbocycles. The first-order chi connectivity index (χ1) is 5.16. The monoisotopic (exact) mass is 218 g/mol. The van der Waals surface area contributed by atoms with Gasteiger partial charge >= 0.3 is 0 Å². The Morgan fingerprint density at radius 2 is 2.18 bits per heavy atom. The van der Waals surface area contributed by atoms with Crippen LogP contribution in [0.1, 0.15) is 0 Å². The van der Waals surface area contributed by atoms with E-state index in [9.17, 15) is 12.9 Å². The number of aromatic nitrogens is 3. The first-order valence-electron chi connectivity index (χ1n) is 2.15. The molecule has 0 amide bonds. The summed E-state index contributed by atoms with van der Waals surface area (Å²) in [4.78, 5) is 0. The zero-order valence-electron chi connectivity index (χ0n) is 4.76. The summed E-state index contributed by atoms with van der Waals surface area (Å²) in [6.07, 6.45) is 1.35. The van der Waals surface area contributed by atoms with Crippen molar-refractivity contribution >= 4 is 24.8 Å². The second-order valence-electron chi connectivity index (χ2n) is 1.29. The number of rotatable bonds is 0. The molecule has 60 valence electrons. The molecule has 0 spiro atoms. The molecule has 1 aromatic heterocycles. The minimum absolute atomic E-state index is 0.166. The minimum atomic E-state index is -2.97. The van der Waals surface area contributed by atoms with E-state index in [4.69, 9.17) is 5.26 Å². The summed E-state index contributed by atoms with van der Waals surface area (Å²) >= 11 is 0. The molecule has 1 aromatic rings. The Kier molecular flexibility index (Phi) is 2.62. The Balaban J connectivity index is 3.40. The molecule has 2 atom stereocenters. The first kappa shape index (κ1) is 8.67. The third-order valence-electron chi connectivity index (χ3n) is 0.717. The fraction of sp³-hybridized carbons (Fsp3) is 0. The van der Waals surface area contributed by atoms with Crippen molar-refractivity contribution in [2.24, 2.45) is 0 Å². The van der Waals surface area contributed by atoms with E-state index < -0.39 is 20.6 Å². The lowest BCUT2D eigenvalue weighted by Crippen LogP contribution is -1.85. The van der Waals surface area contributed by atoms with Gasteiger partial charge in [0.2, 0.25) is 0 Å². The highest BCUT2D eigenvalue weighted by atomic mass is 31.2. The molecule has 11 heavy (non-hydrogen) atoms. The summed E-state index contributed by atoms with van der Waals surface area (Å²) in [6.45, 7) is 0. The fourth-order valence-corrected chi connectivity index (χ4v) is 3.44. The van der Waals surface area contributed by atoms with E-state index >= 15 is 0 Å². The third kappa shape index (κ3) is 1.59. The molecule has 0 saturated carbocycles. The maximum absolute atomic E-state index is 12.5. The van der Waals surface area contributed by atoms with Crippen LogP contribution >= 0.6 is 24.8 Å². The van der Waals surface area contributed by atoms with Gasteiger partial charge in [0, 0.05) is 0 Å². The second-order valence-corrected chi connectivity index (χ2v) is 5.28. The first-order valence-corrected chi connectivity index (χ1v) is 5.23. The van der Waals surface area contributed by atoms with E-state index in [1.165, 1.54) is 6.19 Å². The van der Waals surface area contributed by atoms with Gasteiger partial charge in [0.1, 0.15) is 0 Å². The summed E-state index contributed by atoms with van der Waals surface area (Å²) in [5, 5.41) is 8.14. The molecular formula is CF3N4P3. The van der Waals surface area contributed by atoms with Crippen LogP contribution in [-0.2, 0) is 0 Å². The number of hydrogen-bond donors (Lipinski definition) is 0. The van der Waals surface area contributed by atoms with Crippen molar-refractivity contribution in [2.75, 3.05) is 0 Å². The summed E-state index contributed by atoms with van der Waals surface area (Å²) in [7, 11) is -6.02. The van der Waals surface area contributed by atoms with Gasteiger partial charge in [-0.1, -0.05) is 8.80 Å². The van der Waals surface area contributed by atoms with Crippen LogP contribution in [0, 0.1) is 11.5 Å². The van der Waals surface area contributed by atoms with Gasteiger partial charge in [-0.3, -0.25) is 0 Å². The molecule has 4 nitrogen and oxygen atoms in total. The van der Waals surface area contributed by atoms with E-state index in [1.54, 1.807) is 0 Å². The van der Waals surface area contributed by atoms with Gasteiger partial charge in [0.25, 0.3) is 16.3 Å². The fourth-order valence-electron chi connectivity index (χ4n) is 0.325. The highest BCUT2D eigenvalue weighted by Gasteiger charge is 2.09. The Morgan fingerprint density at radius 3 is 2.73 bits per heavy atom. The average molecular weight is 218 g/mol. The Morgan fingerprint density at radius 1 is 1.55 bits per heavy atom. The standard InChI is InChI=1S/CF3N4P3/c2-8-10(3)6-9-7(1-5)11(8)4. The van der Waals surface area contributed by atoms with Crippen LogP contribution in [0.4, 0.5) is 12.9 Å². The summed E-state index contributed by atoms with van der Waals surface area (Å²) in [5.74, 6) is 0. The van der Waals surface area contributed by atoms with Crippen molar-refractivity contribution in [3.63, 3.8) is 0 Å². The summed E-state index contributed by atoms with van der Waals surface area (Å²) in [6, 6.07) is 0. The molecule has 0 fully saturated rings. The van der Waals surface area contributed by atoms with Gasteiger partial charge in [-0.2, -0.15) is 9.35 Å². The number of hydrogen-bond acceptors (Lipinski definition) is 2. The van der Waals surface area contributed by atoms with Crippen LogP contribution < -0.4 is 0 Å².